The molecule has 39 heavy (non-hydrogen) atoms. The second kappa shape index (κ2) is 11.3. The SMILES string of the molecule is Cc1c(C(=O)Nc2ccc(C(=O)NCc3ncn[nH]3)cc2)nn(-c2ccc(Cl)cc2Cl)c1-c1ccc(Cl)cc1. The van der Waals surface area contributed by atoms with E-state index in [9.17, 15) is 9.59 Å². The Morgan fingerprint density at radius 2 is 1.64 bits per heavy atom. The maximum Gasteiger partial charge on any atom is 0.276 e. The number of aromatic amines is 1. The van der Waals surface area contributed by atoms with Crippen LogP contribution in [0.15, 0.2) is 73.1 Å². The monoisotopic (exact) mass is 579 g/mol. The van der Waals surface area contributed by atoms with Gasteiger partial charge in [0.2, 0.25) is 0 Å². The number of carbonyl (C=O) groups is 2. The number of hydrogen-bond donors (Lipinski definition) is 3. The number of aromatic nitrogens is 5. The quantitative estimate of drug-likeness (QED) is 0.215. The van der Waals surface area contributed by atoms with Gasteiger partial charge in [-0.2, -0.15) is 10.2 Å². The number of halogens is 3. The second-order valence-corrected chi connectivity index (χ2v) is 9.76. The first-order chi connectivity index (χ1) is 18.8. The van der Waals surface area contributed by atoms with Crippen LogP contribution in [-0.2, 0) is 6.54 Å². The third-order valence-electron chi connectivity index (χ3n) is 5.88. The van der Waals surface area contributed by atoms with E-state index in [4.69, 9.17) is 34.8 Å². The predicted octanol–water partition coefficient (Wildman–Crippen LogP) is 6.11. The minimum absolute atomic E-state index is 0.208. The Kier molecular flexibility index (Phi) is 7.65. The van der Waals surface area contributed by atoms with E-state index < -0.39 is 5.91 Å². The minimum Gasteiger partial charge on any atom is -0.345 e. The van der Waals surface area contributed by atoms with Crippen molar-refractivity contribution in [3.8, 4) is 16.9 Å². The Labute approximate surface area is 238 Å². The average molecular weight is 581 g/mol. The van der Waals surface area contributed by atoms with Gasteiger partial charge in [0, 0.05) is 32.4 Å². The third-order valence-corrected chi connectivity index (χ3v) is 6.67. The summed E-state index contributed by atoms with van der Waals surface area (Å²) in [6.07, 6.45) is 1.37. The smallest absolute Gasteiger partial charge is 0.276 e. The number of benzene rings is 3. The van der Waals surface area contributed by atoms with Crippen LogP contribution in [0.5, 0.6) is 0 Å². The molecule has 0 aliphatic heterocycles. The normalized spacial score (nSPS) is 10.9. The zero-order chi connectivity index (χ0) is 27.5. The Morgan fingerprint density at radius 1 is 0.923 bits per heavy atom. The van der Waals surface area contributed by atoms with Crippen LogP contribution in [0.2, 0.25) is 15.1 Å². The van der Waals surface area contributed by atoms with Crippen LogP contribution in [0.25, 0.3) is 16.9 Å². The lowest BCUT2D eigenvalue weighted by molar-refractivity contribution is 0.0949. The molecular formula is C27H20Cl3N7O2. The van der Waals surface area contributed by atoms with E-state index >= 15 is 0 Å². The first kappa shape index (κ1) is 26.4. The molecular weight excluding hydrogens is 561 g/mol. The van der Waals surface area contributed by atoms with E-state index in [1.165, 1.54) is 6.33 Å². The zero-order valence-electron chi connectivity index (χ0n) is 20.4. The van der Waals surface area contributed by atoms with Crippen LogP contribution in [0.4, 0.5) is 5.69 Å². The molecule has 0 unspecified atom stereocenters. The van der Waals surface area contributed by atoms with Crippen molar-refractivity contribution in [2.75, 3.05) is 5.32 Å². The first-order valence-corrected chi connectivity index (χ1v) is 12.8. The summed E-state index contributed by atoms with van der Waals surface area (Å²) in [6.45, 7) is 2.03. The van der Waals surface area contributed by atoms with E-state index in [1.807, 2.05) is 19.1 Å². The van der Waals surface area contributed by atoms with Gasteiger partial charge in [-0.25, -0.2) is 9.67 Å². The van der Waals surface area contributed by atoms with Gasteiger partial charge in [0.15, 0.2) is 5.69 Å². The molecule has 0 saturated heterocycles. The molecule has 2 aromatic heterocycles. The molecule has 9 nitrogen and oxygen atoms in total. The summed E-state index contributed by atoms with van der Waals surface area (Å²) in [5, 5.41) is 18.1. The van der Waals surface area contributed by atoms with Crippen molar-refractivity contribution < 1.29 is 9.59 Å². The molecule has 0 spiro atoms. The molecule has 0 atom stereocenters. The van der Waals surface area contributed by atoms with E-state index in [0.29, 0.717) is 49.1 Å². The van der Waals surface area contributed by atoms with Crippen LogP contribution in [0, 0.1) is 6.92 Å². The van der Waals surface area contributed by atoms with E-state index in [2.05, 4.69) is 30.9 Å². The van der Waals surface area contributed by atoms with Gasteiger partial charge in [-0.05, 0) is 61.5 Å². The molecule has 2 heterocycles. The second-order valence-electron chi connectivity index (χ2n) is 8.48. The molecule has 5 aromatic rings. The van der Waals surface area contributed by atoms with Crippen molar-refractivity contribution in [1.29, 1.82) is 0 Å². The molecule has 0 fully saturated rings. The summed E-state index contributed by atoms with van der Waals surface area (Å²) in [4.78, 5) is 29.7. The fourth-order valence-electron chi connectivity index (χ4n) is 3.96. The fraction of sp³-hybridized carbons (Fsp3) is 0.0741. The van der Waals surface area contributed by atoms with Crippen molar-refractivity contribution in [1.82, 2.24) is 30.3 Å². The van der Waals surface area contributed by atoms with Gasteiger partial charge < -0.3 is 10.6 Å². The van der Waals surface area contributed by atoms with Gasteiger partial charge in [0.05, 0.1) is 22.9 Å². The molecule has 0 aliphatic rings. The maximum atomic E-state index is 13.4. The van der Waals surface area contributed by atoms with Crippen molar-refractivity contribution in [3.05, 3.63) is 111 Å². The van der Waals surface area contributed by atoms with Crippen molar-refractivity contribution in [2.24, 2.45) is 0 Å². The third kappa shape index (κ3) is 5.80. The van der Waals surface area contributed by atoms with Gasteiger partial charge >= 0.3 is 0 Å². The Hall–Kier alpha value is -4.18. The topological polar surface area (TPSA) is 118 Å². The molecule has 196 valence electrons. The number of carbonyl (C=O) groups excluding carboxylic acids is 2. The number of H-pyrrole nitrogens is 1. The van der Waals surface area contributed by atoms with Gasteiger partial charge in [0.1, 0.15) is 12.2 Å². The maximum absolute atomic E-state index is 13.4. The number of anilines is 1. The van der Waals surface area contributed by atoms with Gasteiger partial charge in [-0.15, -0.1) is 0 Å². The van der Waals surface area contributed by atoms with Crippen molar-refractivity contribution in [3.63, 3.8) is 0 Å². The van der Waals surface area contributed by atoms with Crippen LogP contribution in [0.1, 0.15) is 32.2 Å². The molecule has 5 rings (SSSR count). The molecule has 12 heteroatoms. The summed E-state index contributed by atoms with van der Waals surface area (Å²) in [6, 6.07) is 18.8. The van der Waals surface area contributed by atoms with Crippen molar-refractivity contribution in [2.45, 2.75) is 13.5 Å². The highest BCUT2D eigenvalue weighted by Crippen LogP contribution is 2.33. The highest BCUT2D eigenvalue weighted by atomic mass is 35.5. The molecule has 3 aromatic carbocycles. The lowest BCUT2D eigenvalue weighted by Crippen LogP contribution is -2.23. The summed E-state index contributed by atoms with van der Waals surface area (Å²) >= 11 is 18.7. The number of nitrogens with zero attached hydrogens (tertiary/aromatic N) is 4. The average Bonchev–Trinajstić information content (AvgIpc) is 3.56. The number of nitrogens with one attached hydrogen (secondary N) is 3. The molecule has 0 radical (unpaired) electrons. The van der Waals surface area contributed by atoms with E-state index in [0.717, 1.165) is 5.56 Å². The lowest BCUT2D eigenvalue weighted by atomic mass is 10.1. The Bertz CT molecular complexity index is 1650. The van der Waals surface area contributed by atoms with Gasteiger partial charge in [-0.3, -0.25) is 14.7 Å². The van der Waals surface area contributed by atoms with Gasteiger partial charge in [-0.1, -0.05) is 46.9 Å². The van der Waals surface area contributed by atoms with Crippen LogP contribution in [-0.4, -0.2) is 36.8 Å². The fourth-order valence-corrected chi connectivity index (χ4v) is 4.58. The summed E-state index contributed by atoms with van der Waals surface area (Å²) in [7, 11) is 0. The first-order valence-electron chi connectivity index (χ1n) is 11.6. The van der Waals surface area contributed by atoms with Gasteiger partial charge in [0.25, 0.3) is 11.8 Å². The summed E-state index contributed by atoms with van der Waals surface area (Å²) < 4.78 is 1.62. The molecule has 3 N–H and O–H groups in total. The standard InChI is InChI=1S/C27H20Cl3N7O2/c1-15-24(27(39)34-20-9-4-17(5-10-20)26(38)31-13-23-32-14-33-35-23)36-37(22-11-8-19(29)12-21(22)30)25(15)16-2-6-18(28)7-3-16/h2-12,14H,13H2,1H3,(H,31,38)(H,34,39)(H,32,33,35). The Morgan fingerprint density at radius 3 is 2.31 bits per heavy atom. The van der Waals surface area contributed by atoms with E-state index in [-0.39, 0.29) is 18.1 Å². The number of rotatable bonds is 7. The van der Waals surface area contributed by atoms with Crippen LogP contribution >= 0.6 is 34.8 Å². The molecule has 0 bridgehead atoms. The van der Waals surface area contributed by atoms with E-state index in [1.54, 1.807) is 59.3 Å². The molecule has 0 aliphatic carbocycles. The zero-order valence-corrected chi connectivity index (χ0v) is 22.6. The van der Waals surface area contributed by atoms with Crippen LogP contribution in [0.3, 0.4) is 0 Å². The van der Waals surface area contributed by atoms with Crippen molar-refractivity contribution >= 4 is 52.3 Å². The summed E-state index contributed by atoms with van der Waals surface area (Å²) in [5.41, 5.74) is 3.82. The highest BCUT2D eigenvalue weighted by molar-refractivity contribution is 6.35. The lowest BCUT2D eigenvalue weighted by Gasteiger charge is -2.11. The largest absolute Gasteiger partial charge is 0.345 e. The Balaban J connectivity index is 1.41. The highest BCUT2D eigenvalue weighted by Gasteiger charge is 2.23. The van der Waals surface area contributed by atoms with Crippen LogP contribution < -0.4 is 10.6 Å². The molecule has 2 amide bonds. The number of amides is 2. The number of hydrogen-bond acceptors (Lipinski definition) is 5. The minimum atomic E-state index is -0.422. The predicted molar refractivity (Wildman–Crippen MR) is 151 cm³/mol. The molecule has 0 saturated carbocycles. The summed E-state index contributed by atoms with van der Waals surface area (Å²) in [5.74, 6) is -0.166.